The molecule has 14 heteroatoms. The molecule has 0 aromatic carbocycles. The maximum Gasteiger partial charge on any atom is 0.220 e. The number of rotatable bonds is 38. The van der Waals surface area contributed by atoms with Gasteiger partial charge in [-0.15, -0.1) is 0 Å². The van der Waals surface area contributed by atoms with E-state index in [1.54, 1.807) is 6.08 Å². The van der Waals surface area contributed by atoms with E-state index < -0.39 is 86.8 Å². The van der Waals surface area contributed by atoms with Crippen molar-refractivity contribution in [3.63, 3.8) is 0 Å². The predicted molar refractivity (Wildman–Crippen MR) is 240 cm³/mol. The zero-order chi connectivity index (χ0) is 45.4. The van der Waals surface area contributed by atoms with E-state index in [4.69, 9.17) is 18.9 Å². The lowest BCUT2D eigenvalue weighted by Crippen LogP contribution is -2.65. The van der Waals surface area contributed by atoms with E-state index in [1.807, 2.05) is 6.08 Å². The lowest BCUT2D eigenvalue weighted by atomic mass is 9.97. The fourth-order valence-electron chi connectivity index (χ4n) is 8.34. The maximum atomic E-state index is 13.0. The van der Waals surface area contributed by atoms with Crippen LogP contribution in [0.15, 0.2) is 12.2 Å². The fraction of sp³-hybridized carbons (Fsp3) is 0.938. The number of nitrogens with one attached hydrogen (secondary N) is 1. The van der Waals surface area contributed by atoms with Gasteiger partial charge in [0.1, 0.15) is 48.8 Å². The van der Waals surface area contributed by atoms with Gasteiger partial charge in [-0.2, -0.15) is 0 Å². The highest BCUT2D eigenvalue weighted by molar-refractivity contribution is 5.76. The van der Waals surface area contributed by atoms with E-state index in [-0.39, 0.29) is 18.9 Å². The van der Waals surface area contributed by atoms with E-state index in [1.165, 1.54) is 128 Å². The highest BCUT2D eigenvalue weighted by Gasteiger charge is 2.51. The molecule has 2 heterocycles. The molecule has 2 rings (SSSR count). The molecule has 0 aromatic heterocycles. The van der Waals surface area contributed by atoms with Crippen molar-refractivity contribution in [2.75, 3.05) is 19.8 Å². The third-order valence-corrected chi connectivity index (χ3v) is 12.5. The number of unbranched alkanes of at least 4 members (excludes halogenated alkanes) is 25. The van der Waals surface area contributed by atoms with Gasteiger partial charge in [-0.1, -0.05) is 187 Å². The largest absolute Gasteiger partial charge is 0.394 e. The SMILES string of the molecule is CCCC/C=C/C(O)C(COC1OC(CO)C(OC2OC(CO)C(O)C(O)C2O)C(O)C1O)NC(=O)CCCCCCCCCCCCCCCCCCCCCCCCCC. The summed E-state index contributed by atoms with van der Waals surface area (Å²) in [5, 5.41) is 86.0. The number of allylic oxidation sites excluding steroid dienone is 1. The average Bonchev–Trinajstić information content (AvgIpc) is 3.27. The average molecular weight is 890 g/mol. The van der Waals surface area contributed by atoms with Crippen molar-refractivity contribution in [2.45, 2.75) is 267 Å². The van der Waals surface area contributed by atoms with Crippen molar-refractivity contribution in [3.8, 4) is 0 Å². The molecule has 9 N–H and O–H groups in total. The molecule has 2 aliphatic heterocycles. The van der Waals surface area contributed by atoms with Crippen LogP contribution in [0.4, 0.5) is 0 Å². The summed E-state index contributed by atoms with van der Waals surface area (Å²) in [7, 11) is 0. The van der Waals surface area contributed by atoms with Crippen LogP contribution in [0.2, 0.25) is 0 Å². The van der Waals surface area contributed by atoms with Crippen LogP contribution in [0.25, 0.3) is 0 Å². The summed E-state index contributed by atoms with van der Waals surface area (Å²) in [4.78, 5) is 13.0. The lowest BCUT2D eigenvalue weighted by molar-refractivity contribution is -0.359. The number of amides is 1. The summed E-state index contributed by atoms with van der Waals surface area (Å²) in [5.74, 6) is -0.246. The fourth-order valence-corrected chi connectivity index (χ4v) is 8.34. The standard InChI is InChI=1S/C48H91NO13/c1-3-5-7-9-10-11-12-13-14-15-16-17-18-19-20-21-22-23-24-25-26-27-28-30-32-40(53)49-36(37(52)31-29-8-6-4-2)35-59-47-45(58)43(56)46(39(34-51)61-47)62-48-44(57)42(55)41(54)38(33-50)60-48/h29,31,36-39,41-48,50-52,54-58H,3-28,30,32-35H2,1-2H3,(H,49,53)/b31-29+. The lowest BCUT2D eigenvalue weighted by Gasteiger charge is -2.46. The van der Waals surface area contributed by atoms with Crippen LogP contribution >= 0.6 is 0 Å². The van der Waals surface area contributed by atoms with E-state index >= 15 is 0 Å². The van der Waals surface area contributed by atoms with Crippen LogP contribution in [-0.2, 0) is 23.7 Å². The van der Waals surface area contributed by atoms with E-state index in [2.05, 4.69) is 19.2 Å². The zero-order valence-corrected chi connectivity index (χ0v) is 38.6. The molecule has 366 valence electrons. The Balaban J connectivity index is 1.63. The number of aliphatic hydroxyl groups excluding tert-OH is 8. The van der Waals surface area contributed by atoms with Gasteiger partial charge in [0.05, 0.1) is 32.0 Å². The molecule has 0 saturated carbocycles. The van der Waals surface area contributed by atoms with Gasteiger partial charge in [0, 0.05) is 6.42 Å². The number of carbonyl (C=O) groups excluding carboxylic acids is 1. The van der Waals surface area contributed by atoms with Gasteiger partial charge in [-0.25, -0.2) is 0 Å². The number of hydrogen-bond donors (Lipinski definition) is 9. The monoisotopic (exact) mass is 890 g/mol. The second kappa shape index (κ2) is 35.9. The Bertz CT molecular complexity index is 1100. The minimum absolute atomic E-state index is 0.246. The number of carbonyl (C=O) groups is 1. The Hall–Kier alpha value is -1.27. The molecular weight excluding hydrogens is 799 g/mol. The van der Waals surface area contributed by atoms with Gasteiger partial charge in [-0.3, -0.25) is 4.79 Å². The van der Waals surface area contributed by atoms with Crippen molar-refractivity contribution >= 4 is 5.91 Å². The number of aliphatic hydroxyl groups is 8. The first-order valence-electron chi connectivity index (χ1n) is 24.9. The van der Waals surface area contributed by atoms with Crippen LogP contribution in [0.5, 0.6) is 0 Å². The predicted octanol–water partition coefficient (Wildman–Crippen LogP) is 5.99. The van der Waals surface area contributed by atoms with Crippen LogP contribution in [0.1, 0.15) is 194 Å². The molecule has 0 aromatic rings. The Morgan fingerprint density at radius 2 is 1.00 bits per heavy atom. The molecule has 2 saturated heterocycles. The molecule has 12 unspecified atom stereocenters. The Morgan fingerprint density at radius 1 is 0.565 bits per heavy atom. The second-order valence-electron chi connectivity index (χ2n) is 18.0. The van der Waals surface area contributed by atoms with Crippen molar-refractivity contribution in [3.05, 3.63) is 12.2 Å². The van der Waals surface area contributed by atoms with Crippen molar-refractivity contribution in [1.29, 1.82) is 0 Å². The highest BCUT2D eigenvalue weighted by atomic mass is 16.7. The third kappa shape index (κ3) is 23.3. The van der Waals surface area contributed by atoms with Gasteiger partial charge >= 0.3 is 0 Å². The van der Waals surface area contributed by atoms with Crippen LogP contribution in [0, 0.1) is 0 Å². The quantitative estimate of drug-likeness (QED) is 0.0257. The summed E-state index contributed by atoms with van der Waals surface area (Å²) >= 11 is 0. The number of ether oxygens (including phenoxy) is 4. The minimum Gasteiger partial charge on any atom is -0.394 e. The molecule has 2 aliphatic rings. The molecule has 0 radical (unpaired) electrons. The van der Waals surface area contributed by atoms with E-state index in [9.17, 15) is 45.6 Å². The van der Waals surface area contributed by atoms with E-state index in [0.29, 0.717) is 6.42 Å². The van der Waals surface area contributed by atoms with Gasteiger partial charge in [0.25, 0.3) is 0 Å². The molecular formula is C48H91NO13. The van der Waals surface area contributed by atoms with Gasteiger partial charge < -0.3 is 65.1 Å². The normalized spacial score (nSPS) is 27.8. The topological polar surface area (TPSA) is 228 Å². The summed E-state index contributed by atoms with van der Waals surface area (Å²) < 4.78 is 22.5. The van der Waals surface area contributed by atoms with E-state index in [0.717, 1.165) is 38.5 Å². The molecule has 14 nitrogen and oxygen atoms in total. The molecule has 2 fully saturated rings. The van der Waals surface area contributed by atoms with Gasteiger partial charge in [0.15, 0.2) is 12.6 Å². The van der Waals surface area contributed by atoms with Crippen LogP contribution in [0.3, 0.4) is 0 Å². The van der Waals surface area contributed by atoms with Crippen LogP contribution < -0.4 is 5.32 Å². The first-order chi connectivity index (χ1) is 30.1. The summed E-state index contributed by atoms with van der Waals surface area (Å²) in [6, 6.07) is -0.904. The van der Waals surface area contributed by atoms with Crippen molar-refractivity contribution in [1.82, 2.24) is 5.32 Å². The van der Waals surface area contributed by atoms with Crippen LogP contribution in [-0.4, -0.2) is 140 Å². The third-order valence-electron chi connectivity index (χ3n) is 12.5. The summed E-state index contributed by atoms with van der Waals surface area (Å²) in [5.41, 5.74) is 0. The molecule has 0 spiro atoms. The molecule has 62 heavy (non-hydrogen) atoms. The molecule has 1 amide bonds. The number of hydrogen-bond acceptors (Lipinski definition) is 13. The summed E-state index contributed by atoms with van der Waals surface area (Å²) in [6.07, 6.45) is 20.7. The zero-order valence-electron chi connectivity index (χ0n) is 38.6. The van der Waals surface area contributed by atoms with Crippen molar-refractivity contribution in [2.24, 2.45) is 0 Å². The van der Waals surface area contributed by atoms with Crippen molar-refractivity contribution < 1.29 is 64.6 Å². The molecule has 0 aliphatic carbocycles. The first-order valence-corrected chi connectivity index (χ1v) is 24.9. The Kier molecular flexibility index (Phi) is 32.9. The highest BCUT2D eigenvalue weighted by Crippen LogP contribution is 2.30. The maximum absolute atomic E-state index is 13.0. The van der Waals surface area contributed by atoms with Gasteiger partial charge in [-0.05, 0) is 12.8 Å². The van der Waals surface area contributed by atoms with Gasteiger partial charge in [0.2, 0.25) is 5.91 Å². The molecule has 12 atom stereocenters. The Morgan fingerprint density at radius 3 is 1.47 bits per heavy atom. The minimum atomic E-state index is -1.78. The Labute approximate surface area is 374 Å². The second-order valence-corrected chi connectivity index (χ2v) is 18.0. The molecule has 0 bridgehead atoms. The smallest absolute Gasteiger partial charge is 0.220 e. The first kappa shape index (κ1) is 56.9. The summed E-state index contributed by atoms with van der Waals surface area (Å²) in [6.45, 7) is 2.63.